The molecule has 2 heterocycles. The van der Waals surface area contributed by atoms with E-state index in [1.54, 1.807) is 35.2 Å². The Balaban J connectivity index is 1.41. The quantitative estimate of drug-likeness (QED) is 0.800. The first-order valence-electron chi connectivity index (χ1n) is 8.87. The third-order valence-electron chi connectivity index (χ3n) is 4.73. The van der Waals surface area contributed by atoms with Gasteiger partial charge in [-0.25, -0.2) is 13.1 Å². The summed E-state index contributed by atoms with van der Waals surface area (Å²) in [5.74, 6) is 0.797. The van der Waals surface area contributed by atoms with E-state index in [2.05, 4.69) is 4.72 Å². The molecule has 0 saturated carbocycles. The van der Waals surface area contributed by atoms with E-state index in [-0.39, 0.29) is 29.7 Å². The van der Waals surface area contributed by atoms with Crippen LogP contribution >= 0.6 is 11.6 Å². The Bertz CT molecular complexity index is 994. The van der Waals surface area contributed by atoms with Gasteiger partial charge in [0.2, 0.25) is 15.9 Å². The molecule has 0 aliphatic carbocycles. The SMILES string of the molecule is O=C1CC(CNS(=O)(=O)c2ccc3c(c2)OCCO3)CN1c1ccc(Cl)cc1. The maximum atomic E-state index is 12.6. The van der Waals surface area contributed by atoms with Gasteiger partial charge in [0.1, 0.15) is 13.2 Å². The average molecular weight is 423 g/mol. The molecule has 2 aromatic carbocycles. The fraction of sp³-hybridized carbons (Fsp3) is 0.316. The first-order valence-corrected chi connectivity index (χ1v) is 10.7. The molecule has 0 bridgehead atoms. The molecule has 0 spiro atoms. The third kappa shape index (κ3) is 3.94. The van der Waals surface area contributed by atoms with Gasteiger partial charge in [0.05, 0.1) is 4.90 Å². The highest BCUT2D eigenvalue weighted by molar-refractivity contribution is 7.89. The number of fused-ring (bicyclic) bond motifs is 1. The molecule has 2 aromatic rings. The number of halogens is 1. The van der Waals surface area contributed by atoms with Gasteiger partial charge in [-0.2, -0.15) is 0 Å². The van der Waals surface area contributed by atoms with Crippen LogP contribution in [0.1, 0.15) is 6.42 Å². The number of benzene rings is 2. The number of nitrogens with zero attached hydrogens (tertiary/aromatic N) is 1. The molecule has 9 heteroatoms. The number of ether oxygens (including phenoxy) is 2. The zero-order valence-corrected chi connectivity index (χ0v) is 16.5. The maximum Gasteiger partial charge on any atom is 0.240 e. The van der Waals surface area contributed by atoms with Crippen LogP contribution < -0.4 is 19.1 Å². The van der Waals surface area contributed by atoms with Gasteiger partial charge < -0.3 is 14.4 Å². The van der Waals surface area contributed by atoms with Gasteiger partial charge in [0.15, 0.2) is 11.5 Å². The Morgan fingerprint density at radius 3 is 2.54 bits per heavy atom. The van der Waals surface area contributed by atoms with Crippen molar-refractivity contribution in [3.8, 4) is 11.5 Å². The monoisotopic (exact) mass is 422 g/mol. The summed E-state index contributed by atoms with van der Waals surface area (Å²) < 4.78 is 38.7. The van der Waals surface area contributed by atoms with Crippen LogP contribution in [-0.2, 0) is 14.8 Å². The fourth-order valence-corrected chi connectivity index (χ4v) is 4.55. The molecular formula is C19H19ClN2O5S. The molecule has 0 aromatic heterocycles. The van der Waals surface area contributed by atoms with Crippen molar-refractivity contribution in [1.82, 2.24) is 4.72 Å². The van der Waals surface area contributed by atoms with Gasteiger partial charge in [-0.3, -0.25) is 4.79 Å². The molecule has 2 aliphatic rings. The molecule has 7 nitrogen and oxygen atoms in total. The van der Waals surface area contributed by atoms with Crippen molar-refractivity contribution in [3.05, 3.63) is 47.5 Å². The standard InChI is InChI=1S/C19H19ClN2O5S/c20-14-1-3-15(4-2-14)22-12-13(9-19(22)23)11-21-28(24,25)16-5-6-17-18(10-16)27-8-7-26-17/h1-6,10,13,21H,7-9,11-12H2. The second-order valence-corrected chi connectivity index (χ2v) is 8.91. The van der Waals surface area contributed by atoms with Crippen LogP contribution in [0, 0.1) is 5.92 Å². The molecule has 4 rings (SSSR count). The molecular weight excluding hydrogens is 404 g/mol. The van der Waals surface area contributed by atoms with Gasteiger partial charge in [0, 0.05) is 36.3 Å². The topological polar surface area (TPSA) is 84.9 Å². The van der Waals surface area contributed by atoms with Crippen LogP contribution in [0.4, 0.5) is 5.69 Å². The first kappa shape index (κ1) is 19.0. The maximum absolute atomic E-state index is 12.6. The lowest BCUT2D eigenvalue weighted by molar-refractivity contribution is -0.117. The third-order valence-corrected chi connectivity index (χ3v) is 6.40. The Morgan fingerprint density at radius 2 is 1.79 bits per heavy atom. The van der Waals surface area contributed by atoms with Crippen molar-refractivity contribution in [1.29, 1.82) is 0 Å². The van der Waals surface area contributed by atoms with Crippen LogP contribution in [-0.4, -0.2) is 40.6 Å². The molecule has 1 saturated heterocycles. The Hall–Kier alpha value is -2.29. The largest absolute Gasteiger partial charge is 0.486 e. The first-order chi connectivity index (χ1) is 13.4. The number of nitrogens with one attached hydrogen (secondary N) is 1. The smallest absolute Gasteiger partial charge is 0.240 e. The zero-order valence-electron chi connectivity index (χ0n) is 14.9. The number of hydrogen-bond donors (Lipinski definition) is 1. The summed E-state index contributed by atoms with van der Waals surface area (Å²) in [6.45, 7) is 1.45. The lowest BCUT2D eigenvalue weighted by Crippen LogP contribution is -2.31. The van der Waals surface area contributed by atoms with Crippen LogP contribution in [0.2, 0.25) is 5.02 Å². The lowest BCUT2D eigenvalue weighted by Gasteiger charge is -2.19. The van der Waals surface area contributed by atoms with Gasteiger partial charge >= 0.3 is 0 Å². The van der Waals surface area contributed by atoms with Crippen molar-refractivity contribution >= 4 is 33.2 Å². The van der Waals surface area contributed by atoms with Crippen LogP contribution in [0.15, 0.2) is 47.4 Å². The second kappa shape index (κ2) is 7.62. The number of amides is 1. The van der Waals surface area contributed by atoms with E-state index in [1.807, 2.05) is 0 Å². The molecule has 28 heavy (non-hydrogen) atoms. The number of rotatable bonds is 5. The summed E-state index contributed by atoms with van der Waals surface area (Å²) in [6, 6.07) is 11.5. The summed E-state index contributed by atoms with van der Waals surface area (Å²) in [5, 5.41) is 0.596. The molecule has 1 N–H and O–H groups in total. The van der Waals surface area contributed by atoms with Crippen molar-refractivity contribution in [2.24, 2.45) is 5.92 Å². The average Bonchev–Trinajstić information content (AvgIpc) is 3.07. The minimum atomic E-state index is -3.72. The Morgan fingerprint density at radius 1 is 1.07 bits per heavy atom. The van der Waals surface area contributed by atoms with Crippen molar-refractivity contribution in [2.45, 2.75) is 11.3 Å². The lowest BCUT2D eigenvalue weighted by atomic mass is 10.1. The van der Waals surface area contributed by atoms with Gasteiger partial charge in [-0.15, -0.1) is 0 Å². The molecule has 148 valence electrons. The number of hydrogen-bond acceptors (Lipinski definition) is 5. The minimum absolute atomic E-state index is 0.0363. The van der Waals surface area contributed by atoms with Gasteiger partial charge in [0.25, 0.3) is 0 Å². The zero-order chi connectivity index (χ0) is 19.7. The Labute approximate surface area is 168 Å². The predicted octanol–water partition coefficient (Wildman–Crippen LogP) is 2.44. The number of carbonyl (C=O) groups is 1. The van der Waals surface area contributed by atoms with Crippen molar-refractivity contribution in [2.75, 3.05) is 31.2 Å². The second-order valence-electron chi connectivity index (χ2n) is 6.71. The molecule has 1 unspecified atom stereocenters. The van der Waals surface area contributed by atoms with Crippen molar-refractivity contribution < 1.29 is 22.7 Å². The number of anilines is 1. The highest BCUT2D eigenvalue weighted by Crippen LogP contribution is 2.32. The predicted molar refractivity (Wildman–Crippen MR) is 105 cm³/mol. The van der Waals surface area contributed by atoms with E-state index in [1.165, 1.54) is 12.1 Å². The van der Waals surface area contributed by atoms with Crippen LogP contribution in [0.3, 0.4) is 0 Å². The van der Waals surface area contributed by atoms with E-state index in [0.29, 0.717) is 36.3 Å². The van der Waals surface area contributed by atoms with Gasteiger partial charge in [-0.1, -0.05) is 11.6 Å². The molecule has 0 radical (unpaired) electrons. The molecule has 1 atom stereocenters. The summed E-state index contributed by atoms with van der Waals surface area (Å²) >= 11 is 5.89. The Kier molecular flexibility index (Phi) is 5.18. The highest BCUT2D eigenvalue weighted by Gasteiger charge is 2.31. The minimum Gasteiger partial charge on any atom is -0.486 e. The van der Waals surface area contributed by atoms with E-state index >= 15 is 0 Å². The summed E-state index contributed by atoms with van der Waals surface area (Å²) in [5.41, 5.74) is 0.756. The summed E-state index contributed by atoms with van der Waals surface area (Å²) in [4.78, 5) is 14.1. The summed E-state index contributed by atoms with van der Waals surface area (Å²) in [7, 11) is -3.72. The number of sulfonamides is 1. The molecule has 1 amide bonds. The van der Waals surface area contributed by atoms with Crippen molar-refractivity contribution in [3.63, 3.8) is 0 Å². The van der Waals surface area contributed by atoms with Crippen LogP contribution in [0.5, 0.6) is 11.5 Å². The van der Waals surface area contributed by atoms with E-state index < -0.39 is 10.0 Å². The van der Waals surface area contributed by atoms with Crippen LogP contribution in [0.25, 0.3) is 0 Å². The van der Waals surface area contributed by atoms with Gasteiger partial charge in [-0.05, 0) is 42.3 Å². The normalized spacial score (nSPS) is 19.1. The number of carbonyl (C=O) groups excluding carboxylic acids is 1. The highest BCUT2D eigenvalue weighted by atomic mass is 35.5. The summed E-state index contributed by atoms with van der Waals surface area (Å²) in [6.07, 6.45) is 0.284. The van der Waals surface area contributed by atoms with E-state index in [0.717, 1.165) is 5.69 Å². The van der Waals surface area contributed by atoms with E-state index in [9.17, 15) is 13.2 Å². The van der Waals surface area contributed by atoms with E-state index in [4.69, 9.17) is 21.1 Å². The molecule has 2 aliphatic heterocycles. The molecule has 1 fully saturated rings. The fourth-order valence-electron chi connectivity index (χ4n) is 3.29.